The summed E-state index contributed by atoms with van der Waals surface area (Å²) in [5, 5.41) is 3.56. The summed E-state index contributed by atoms with van der Waals surface area (Å²) in [6.45, 7) is 4.82. The van der Waals surface area contributed by atoms with E-state index in [-0.39, 0.29) is 18.9 Å². The fourth-order valence-electron chi connectivity index (χ4n) is 2.32. The smallest absolute Gasteiger partial charge is 0.310 e. The van der Waals surface area contributed by atoms with Crippen LogP contribution in [0.15, 0.2) is 22.8 Å². The summed E-state index contributed by atoms with van der Waals surface area (Å²) in [7, 11) is 1.60. The van der Waals surface area contributed by atoms with E-state index in [1.54, 1.807) is 13.4 Å². The predicted octanol–water partition coefficient (Wildman–Crippen LogP) is 2.29. The van der Waals surface area contributed by atoms with E-state index in [9.17, 15) is 9.59 Å². The fourth-order valence-corrected chi connectivity index (χ4v) is 2.32. The standard InChI is InChI=1S/C18H23NO5/c1-12-7-15-14(10-23-16(15)8-13(12)2)9-18(21)24-11-17(20)19-5-4-6-22-3/h7-8,10H,4-6,9,11H2,1-3H3,(H,19,20). The van der Waals surface area contributed by atoms with Gasteiger partial charge < -0.3 is 19.2 Å². The van der Waals surface area contributed by atoms with E-state index < -0.39 is 5.97 Å². The molecule has 24 heavy (non-hydrogen) atoms. The normalized spacial score (nSPS) is 10.8. The fraction of sp³-hybridized carbons (Fsp3) is 0.444. The van der Waals surface area contributed by atoms with Crippen LogP contribution < -0.4 is 5.32 Å². The van der Waals surface area contributed by atoms with Crippen LogP contribution in [0.5, 0.6) is 0 Å². The van der Waals surface area contributed by atoms with Crippen molar-refractivity contribution < 1.29 is 23.5 Å². The van der Waals surface area contributed by atoms with E-state index in [1.807, 2.05) is 26.0 Å². The van der Waals surface area contributed by atoms with E-state index in [2.05, 4.69) is 5.32 Å². The number of methoxy groups -OCH3 is 1. The van der Waals surface area contributed by atoms with Crippen molar-refractivity contribution in [3.63, 3.8) is 0 Å². The first-order valence-corrected chi connectivity index (χ1v) is 7.90. The summed E-state index contributed by atoms with van der Waals surface area (Å²) in [4.78, 5) is 23.5. The quantitative estimate of drug-likeness (QED) is 0.592. The van der Waals surface area contributed by atoms with Gasteiger partial charge in [0.1, 0.15) is 5.58 Å². The van der Waals surface area contributed by atoms with Crippen molar-refractivity contribution in [2.24, 2.45) is 0 Å². The molecule has 1 heterocycles. The molecule has 0 unspecified atom stereocenters. The maximum absolute atomic E-state index is 11.9. The highest BCUT2D eigenvalue weighted by Crippen LogP contribution is 2.25. The van der Waals surface area contributed by atoms with Crippen LogP contribution >= 0.6 is 0 Å². The SMILES string of the molecule is COCCCNC(=O)COC(=O)Cc1coc2cc(C)c(C)cc12. The van der Waals surface area contributed by atoms with Crippen LogP contribution in [0.2, 0.25) is 0 Å². The number of esters is 1. The molecule has 1 N–H and O–H groups in total. The maximum atomic E-state index is 11.9. The van der Waals surface area contributed by atoms with Crippen molar-refractivity contribution in [3.8, 4) is 0 Å². The molecule has 0 aliphatic heterocycles. The zero-order chi connectivity index (χ0) is 17.5. The average Bonchev–Trinajstić information content (AvgIpc) is 2.92. The Labute approximate surface area is 141 Å². The molecule has 1 amide bonds. The van der Waals surface area contributed by atoms with Crippen LogP contribution in [-0.4, -0.2) is 38.7 Å². The average molecular weight is 333 g/mol. The molecule has 0 bridgehead atoms. The van der Waals surface area contributed by atoms with Crippen molar-refractivity contribution in [2.75, 3.05) is 26.9 Å². The van der Waals surface area contributed by atoms with Crippen molar-refractivity contribution in [1.29, 1.82) is 0 Å². The molecule has 0 fully saturated rings. The summed E-state index contributed by atoms with van der Waals surface area (Å²) in [6, 6.07) is 3.95. The number of carbonyl (C=O) groups excluding carboxylic acids is 2. The zero-order valence-electron chi connectivity index (χ0n) is 14.3. The Bertz CT molecular complexity index is 720. The molecular weight excluding hydrogens is 310 g/mol. The molecule has 1 aromatic heterocycles. The van der Waals surface area contributed by atoms with Crippen molar-refractivity contribution in [3.05, 3.63) is 35.1 Å². The van der Waals surface area contributed by atoms with Crippen molar-refractivity contribution >= 4 is 22.8 Å². The lowest BCUT2D eigenvalue weighted by molar-refractivity contribution is -0.147. The van der Waals surface area contributed by atoms with E-state index in [0.717, 1.165) is 34.1 Å². The van der Waals surface area contributed by atoms with Gasteiger partial charge in [-0.05, 0) is 43.5 Å². The molecule has 0 radical (unpaired) electrons. The second kappa shape index (κ2) is 8.49. The molecule has 2 aromatic rings. The van der Waals surface area contributed by atoms with E-state index in [4.69, 9.17) is 13.9 Å². The predicted molar refractivity (Wildman–Crippen MR) is 89.9 cm³/mol. The largest absolute Gasteiger partial charge is 0.464 e. The number of hydrogen-bond acceptors (Lipinski definition) is 5. The minimum atomic E-state index is -0.456. The first-order chi connectivity index (χ1) is 11.5. The van der Waals surface area contributed by atoms with Crippen LogP contribution in [0.1, 0.15) is 23.1 Å². The number of amides is 1. The maximum Gasteiger partial charge on any atom is 0.310 e. The Balaban J connectivity index is 1.84. The van der Waals surface area contributed by atoms with Crippen LogP contribution in [0.4, 0.5) is 0 Å². The van der Waals surface area contributed by atoms with Gasteiger partial charge in [0.2, 0.25) is 0 Å². The monoisotopic (exact) mass is 333 g/mol. The van der Waals surface area contributed by atoms with Gasteiger partial charge in [0, 0.05) is 31.2 Å². The molecule has 0 spiro atoms. The number of nitrogens with one attached hydrogen (secondary N) is 1. The summed E-state index contributed by atoms with van der Waals surface area (Å²) in [5.41, 5.74) is 3.78. The molecule has 0 saturated carbocycles. The van der Waals surface area contributed by atoms with E-state index in [0.29, 0.717) is 13.2 Å². The molecule has 0 aliphatic rings. The van der Waals surface area contributed by atoms with Crippen molar-refractivity contribution in [1.82, 2.24) is 5.32 Å². The van der Waals surface area contributed by atoms with Crippen LogP contribution in [0, 0.1) is 13.8 Å². The Morgan fingerprint density at radius 2 is 1.96 bits per heavy atom. The number of benzene rings is 1. The van der Waals surface area contributed by atoms with Crippen LogP contribution in [-0.2, 0) is 25.5 Å². The van der Waals surface area contributed by atoms with Gasteiger partial charge in [0.25, 0.3) is 5.91 Å². The number of carbonyl (C=O) groups is 2. The molecule has 2 rings (SSSR count). The molecule has 6 nitrogen and oxygen atoms in total. The third-order valence-electron chi connectivity index (χ3n) is 3.82. The highest BCUT2D eigenvalue weighted by Gasteiger charge is 2.13. The third kappa shape index (κ3) is 4.83. The minimum absolute atomic E-state index is 0.0758. The highest BCUT2D eigenvalue weighted by atomic mass is 16.5. The number of ether oxygens (including phenoxy) is 2. The zero-order valence-corrected chi connectivity index (χ0v) is 14.3. The number of rotatable bonds is 8. The second-order valence-corrected chi connectivity index (χ2v) is 5.73. The lowest BCUT2D eigenvalue weighted by Gasteiger charge is -2.06. The van der Waals surface area contributed by atoms with Gasteiger partial charge in [0.05, 0.1) is 12.7 Å². The lowest BCUT2D eigenvalue weighted by Crippen LogP contribution is -2.30. The highest BCUT2D eigenvalue weighted by molar-refractivity contribution is 5.87. The summed E-state index contributed by atoms with van der Waals surface area (Å²) in [6.07, 6.45) is 2.36. The number of furan rings is 1. The third-order valence-corrected chi connectivity index (χ3v) is 3.82. The Morgan fingerprint density at radius 3 is 2.71 bits per heavy atom. The number of hydrogen-bond donors (Lipinski definition) is 1. The van der Waals surface area contributed by atoms with Gasteiger partial charge in [-0.1, -0.05) is 0 Å². The summed E-state index contributed by atoms with van der Waals surface area (Å²) in [5.74, 6) is -0.772. The summed E-state index contributed by atoms with van der Waals surface area (Å²) >= 11 is 0. The molecular formula is C18H23NO5. The first-order valence-electron chi connectivity index (χ1n) is 7.90. The molecule has 0 saturated heterocycles. The van der Waals surface area contributed by atoms with Gasteiger partial charge in [-0.15, -0.1) is 0 Å². The molecule has 6 heteroatoms. The van der Waals surface area contributed by atoms with Crippen LogP contribution in [0.25, 0.3) is 11.0 Å². The Kier molecular flexibility index (Phi) is 6.37. The van der Waals surface area contributed by atoms with Gasteiger partial charge >= 0.3 is 5.97 Å². The molecule has 130 valence electrons. The molecule has 1 aromatic carbocycles. The molecule has 0 atom stereocenters. The first kappa shape index (κ1) is 18.0. The van der Waals surface area contributed by atoms with Gasteiger partial charge in [0.15, 0.2) is 6.61 Å². The lowest BCUT2D eigenvalue weighted by atomic mass is 10.0. The Morgan fingerprint density at radius 1 is 1.21 bits per heavy atom. The summed E-state index contributed by atoms with van der Waals surface area (Å²) < 4.78 is 15.4. The van der Waals surface area contributed by atoms with Gasteiger partial charge in [-0.25, -0.2) is 0 Å². The van der Waals surface area contributed by atoms with Gasteiger partial charge in [-0.2, -0.15) is 0 Å². The topological polar surface area (TPSA) is 77.8 Å². The molecule has 0 aliphatic carbocycles. The number of aryl methyl sites for hydroxylation is 2. The van der Waals surface area contributed by atoms with Crippen molar-refractivity contribution in [2.45, 2.75) is 26.7 Å². The minimum Gasteiger partial charge on any atom is -0.464 e. The van der Waals surface area contributed by atoms with E-state index in [1.165, 1.54) is 0 Å². The van der Waals surface area contributed by atoms with Crippen LogP contribution in [0.3, 0.4) is 0 Å². The van der Waals surface area contributed by atoms with Gasteiger partial charge in [-0.3, -0.25) is 9.59 Å². The Hall–Kier alpha value is -2.34. The van der Waals surface area contributed by atoms with E-state index >= 15 is 0 Å². The second-order valence-electron chi connectivity index (χ2n) is 5.73. The number of fused-ring (bicyclic) bond motifs is 1.